The van der Waals surface area contributed by atoms with E-state index in [4.69, 9.17) is 0 Å². The van der Waals surface area contributed by atoms with Gasteiger partial charge in [-0.15, -0.1) is 33.3 Å². The zero-order valence-corrected chi connectivity index (χ0v) is 20.9. The first-order chi connectivity index (χ1) is 14.3. The van der Waals surface area contributed by atoms with E-state index in [0.717, 1.165) is 16.2 Å². The number of aromatic nitrogens is 2. The van der Waals surface area contributed by atoms with Gasteiger partial charge in [0, 0.05) is 52.7 Å². The van der Waals surface area contributed by atoms with Gasteiger partial charge in [-0.05, 0) is 11.4 Å². The second kappa shape index (κ2) is 9.79. The van der Waals surface area contributed by atoms with E-state index >= 15 is 0 Å². The van der Waals surface area contributed by atoms with Crippen LogP contribution in [0.2, 0.25) is 0 Å². The summed E-state index contributed by atoms with van der Waals surface area (Å²) in [5.74, 6) is -2.06. The zero-order chi connectivity index (χ0) is 21.4. The summed E-state index contributed by atoms with van der Waals surface area (Å²) in [6, 6.07) is 2.91. The maximum absolute atomic E-state index is 12.7. The van der Waals surface area contributed by atoms with E-state index in [-0.39, 0.29) is 64.4 Å². The first-order valence-electron chi connectivity index (χ1n) is 8.69. The topological polar surface area (TPSA) is 142 Å². The SMILES string of the molecule is CC(=O)Nc1nnc(C2=C(C(=O)O)N3C(=O)C(NC(=O)Cc4cccs4)[C@H]3SC2)s1.[Na]. The fourth-order valence-electron chi connectivity index (χ4n) is 3.13. The van der Waals surface area contributed by atoms with Gasteiger partial charge in [-0.3, -0.25) is 19.3 Å². The third-order valence-electron chi connectivity index (χ3n) is 4.37. The van der Waals surface area contributed by atoms with Crippen molar-refractivity contribution in [2.45, 2.75) is 24.8 Å². The molecule has 0 spiro atoms. The first kappa shape index (κ1) is 23.9. The number of carbonyl (C=O) groups is 4. The summed E-state index contributed by atoms with van der Waals surface area (Å²) in [6.45, 7) is 1.33. The molecule has 0 aliphatic carbocycles. The summed E-state index contributed by atoms with van der Waals surface area (Å²) in [5.41, 5.74) is 0.188. The van der Waals surface area contributed by atoms with Crippen molar-refractivity contribution >= 4 is 98.4 Å². The number of β-lactam (4-membered cyclic amide) rings is 1. The van der Waals surface area contributed by atoms with Crippen molar-refractivity contribution in [1.82, 2.24) is 20.4 Å². The summed E-state index contributed by atoms with van der Waals surface area (Å²) in [4.78, 5) is 50.1. The normalized spacial score (nSPS) is 19.8. The van der Waals surface area contributed by atoms with Crippen molar-refractivity contribution in [3.8, 4) is 0 Å². The molecule has 0 aromatic carbocycles. The molecule has 0 bridgehead atoms. The Labute approximate surface area is 210 Å². The number of nitrogens with one attached hydrogen (secondary N) is 2. The minimum Gasteiger partial charge on any atom is -0.477 e. The first-order valence-corrected chi connectivity index (χ1v) is 11.4. The van der Waals surface area contributed by atoms with Crippen LogP contribution >= 0.6 is 34.4 Å². The van der Waals surface area contributed by atoms with Gasteiger partial charge in [-0.25, -0.2) is 4.79 Å². The number of carboxylic acid groups (broad SMARTS) is 1. The molecule has 2 aromatic heterocycles. The molecule has 14 heteroatoms. The van der Waals surface area contributed by atoms with Crippen LogP contribution < -0.4 is 10.6 Å². The Morgan fingerprint density at radius 1 is 1.32 bits per heavy atom. The Hall–Kier alpha value is -1.77. The molecule has 1 saturated heterocycles. The van der Waals surface area contributed by atoms with Gasteiger partial charge in [0.15, 0.2) is 0 Å². The number of anilines is 1. The molecule has 2 aromatic rings. The van der Waals surface area contributed by atoms with Gasteiger partial charge in [-0.1, -0.05) is 17.4 Å². The number of thiophene rings is 1. The summed E-state index contributed by atoms with van der Waals surface area (Å²) < 4.78 is 0. The number of hydrogen-bond acceptors (Lipinski definition) is 9. The van der Waals surface area contributed by atoms with Crippen molar-refractivity contribution < 1.29 is 24.3 Å². The largest absolute Gasteiger partial charge is 0.477 e. The summed E-state index contributed by atoms with van der Waals surface area (Å²) in [5, 5.41) is 24.7. The van der Waals surface area contributed by atoms with E-state index < -0.39 is 23.3 Å². The minimum atomic E-state index is -1.26. The van der Waals surface area contributed by atoms with Crippen LogP contribution in [-0.4, -0.2) is 90.6 Å². The summed E-state index contributed by atoms with van der Waals surface area (Å²) >= 11 is 3.83. The van der Waals surface area contributed by atoms with Crippen LogP contribution in [0, 0.1) is 0 Å². The number of amides is 3. The molecule has 4 heterocycles. The molecule has 2 atom stereocenters. The molecule has 10 nitrogen and oxygen atoms in total. The molecule has 2 aliphatic heterocycles. The van der Waals surface area contributed by atoms with Crippen molar-refractivity contribution in [3.63, 3.8) is 0 Å². The van der Waals surface area contributed by atoms with Crippen LogP contribution in [0.15, 0.2) is 23.2 Å². The average Bonchev–Trinajstić information content (AvgIpc) is 3.36. The van der Waals surface area contributed by atoms with Crippen LogP contribution in [0.4, 0.5) is 5.13 Å². The monoisotopic (exact) mass is 488 g/mol. The van der Waals surface area contributed by atoms with Gasteiger partial charge in [0.05, 0.1) is 6.42 Å². The molecule has 1 radical (unpaired) electrons. The standard InChI is InChI=1S/C17H15N5O5S3.Na/c1-7(23)18-17-21-20-13(30-17)9-6-29-15-11(14(25)22(15)12(9)16(26)27)19-10(24)5-8-3-2-4-28-8;/h2-4,11,15H,5-6H2,1H3,(H,19,24)(H,26,27)(H,18,21,23);/t11?,15-;/m1./s1. The fraction of sp³-hybridized carbons (Fsp3) is 0.294. The van der Waals surface area contributed by atoms with E-state index in [0.29, 0.717) is 10.6 Å². The molecular weight excluding hydrogens is 473 g/mol. The molecule has 2 aliphatic rings. The fourth-order valence-corrected chi connectivity index (χ4v) is 6.10. The predicted molar refractivity (Wildman–Crippen MR) is 118 cm³/mol. The van der Waals surface area contributed by atoms with Gasteiger partial charge < -0.3 is 15.7 Å². The van der Waals surface area contributed by atoms with Crippen molar-refractivity contribution in [3.05, 3.63) is 33.1 Å². The number of nitrogens with zero attached hydrogens (tertiary/aromatic N) is 3. The van der Waals surface area contributed by atoms with Gasteiger partial charge in [0.2, 0.25) is 16.9 Å². The molecule has 4 rings (SSSR count). The molecule has 157 valence electrons. The van der Waals surface area contributed by atoms with Crippen LogP contribution in [0.25, 0.3) is 5.57 Å². The molecule has 1 fully saturated rings. The van der Waals surface area contributed by atoms with Gasteiger partial charge >= 0.3 is 5.97 Å². The number of aliphatic carboxylic acids is 1. The van der Waals surface area contributed by atoms with Crippen LogP contribution in [0.3, 0.4) is 0 Å². The second-order valence-electron chi connectivity index (χ2n) is 6.44. The zero-order valence-electron chi connectivity index (χ0n) is 16.4. The molecule has 0 saturated carbocycles. The summed E-state index contributed by atoms with van der Waals surface area (Å²) in [6.07, 6.45) is 0.169. The van der Waals surface area contributed by atoms with E-state index in [1.54, 1.807) is 0 Å². The van der Waals surface area contributed by atoms with Crippen molar-refractivity contribution in [1.29, 1.82) is 0 Å². The Morgan fingerprint density at radius 3 is 2.74 bits per heavy atom. The Bertz CT molecular complexity index is 1070. The van der Waals surface area contributed by atoms with Gasteiger partial charge in [0.1, 0.15) is 22.1 Å². The van der Waals surface area contributed by atoms with E-state index in [1.807, 2.05) is 17.5 Å². The molecule has 3 N–H and O–H groups in total. The van der Waals surface area contributed by atoms with Crippen LogP contribution in [0.5, 0.6) is 0 Å². The van der Waals surface area contributed by atoms with Crippen molar-refractivity contribution in [2.75, 3.05) is 11.1 Å². The van der Waals surface area contributed by atoms with E-state index in [1.165, 1.54) is 34.9 Å². The Kier molecular flexibility index (Phi) is 7.55. The molecule has 31 heavy (non-hydrogen) atoms. The smallest absolute Gasteiger partial charge is 0.353 e. The minimum absolute atomic E-state index is 0. The van der Waals surface area contributed by atoms with Gasteiger partial charge in [-0.2, -0.15) is 0 Å². The second-order valence-corrected chi connectivity index (χ2v) is 9.55. The van der Waals surface area contributed by atoms with Gasteiger partial charge in [0.25, 0.3) is 5.91 Å². The Balaban J connectivity index is 0.00000272. The number of hydrogen-bond donors (Lipinski definition) is 3. The average molecular weight is 489 g/mol. The molecule has 3 amide bonds. The number of rotatable bonds is 6. The predicted octanol–water partition coefficient (Wildman–Crippen LogP) is 0.616. The van der Waals surface area contributed by atoms with E-state index in [2.05, 4.69) is 20.8 Å². The molecule has 1 unspecified atom stereocenters. The third-order valence-corrected chi connectivity index (χ3v) is 7.42. The maximum Gasteiger partial charge on any atom is 0.353 e. The molecular formula is C17H15N5NaO5S3. The maximum atomic E-state index is 12.7. The Morgan fingerprint density at radius 2 is 2.10 bits per heavy atom. The van der Waals surface area contributed by atoms with Crippen LogP contribution in [-0.2, 0) is 25.6 Å². The van der Waals surface area contributed by atoms with E-state index in [9.17, 15) is 24.3 Å². The quantitative estimate of drug-likeness (QED) is 0.397. The number of thioether (sulfide) groups is 1. The van der Waals surface area contributed by atoms with Crippen molar-refractivity contribution in [2.24, 2.45) is 0 Å². The summed E-state index contributed by atoms with van der Waals surface area (Å²) in [7, 11) is 0. The number of fused-ring (bicyclic) bond motifs is 1. The number of carboxylic acids is 1. The number of carbonyl (C=O) groups excluding carboxylic acids is 3. The van der Waals surface area contributed by atoms with Crippen LogP contribution in [0.1, 0.15) is 16.8 Å². The third kappa shape index (κ3) is 4.86.